The van der Waals surface area contributed by atoms with Crippen molar-refractivity contribution in [3.05, 3.63) is 89.6 Å². The molecular weight excluding hydrogens is 486 g/mol. The normalized spacial score (nSPS) is 12.8. The first-order chi connectivity index (χ1) is 18.5. The lowest BCUT2D eigenvalue weighted by Crippen LogP contribution is -2.43. The van der Waals surface area contributed by atoms with Gasteiger partial charge < -0.3 is 24.6 Å². The van der Waals surface area contributed by atoms with Gasteiger partial charge in [0.1, 0.15) is 12.6 Å². The first-order valence-corrected chi connectivity index (χ1v) is 12.1. The summed E-state index contributed by atoms with van der Waals surface area (Å²) in [5.74, 6) is -0.213. The fraction of sp³-hybridized carbons (Fsp3) is 0.207. The molecule has 1 unspecified atom stereocenters. The van der Waals surface area contributed by atoms with E-state index in [1.54, 1.807) is 25.4 Å². The summed E-state index contributed by atoms with van der Waals surface area (Å²) in [5, 5.41) is 19.3. The highest BCUT2D eigenvalue weighted by Gasteiger charge is 2.30. The fourth-order valence-corrected chi connectivity index (χ4v) is 4.91. The minimum Gasteiger partial charge on any atom is -0.493 e. The van der Waals surface area contributed by atoms with E-state index in [9.17, 15) is 14.7 Å². The van der Waals surface area contributed by atoms with Crippen LogP contribution in [-0.2, 0) is 16.0 Å². The average Bonchev–Trinajstić information content (AvgIpc) is 3.53. The van der Waals surface area contributed by atoms with Crippen molar-refractivity contribution in [1.29, 1.82) is 0 Å². The third-order valence-electron chi connectivity index (χ3n) is 6.75. The molecule has 0 bridgehead atoms. The van der Waals surface area contributed by atoms with Crippen molar-refractivity contribution in [1.82, 2.24) is 15.5 Å². The smallest absolute Gasteiger partial charge is 0.407 e. The number of nitrogens with zero attached hydrogens (tertiary/aromatic N) is 1. The van der Waals surface area contributed by atoms with E-state index in [1.807, 2.05) is 42.5 Å². The van der Waals surface area contributed by atoms with Gasteiger partial charge in [-0.3, -0.25) is 5.10 Å². The van der Waals surface area contributed by atoms with E-state index >= 15 is 0 Å². The summed E-state index contributed by atoms with van der Waals surface area (Å²) in [7, 11) is 3.08. The SMILES string of the molecule is COc1ccc(-c2[nH]ncc2CC(NC(=O)OCC2c3ccccc3-c3ccccc32)C(=O)O)cc1OC. The van der Waals surface area contributed by atoms with E-state index in [-0.39, 0.29) is 18.9 Å². The molecule has 4 aromatic rings. The number of aliphatic carboxylic acids is 1. The maximum atomic E-state index is 12.7. The molecule has 9 heteroatoms. The quantitative estimate of drug-likeness (QED) is 0.298. The molecule has 3 aromatic carbocycles. The van der Waals surface area contributed by atoms with Crippen LogP contribution in [0.4, 0.5) is 4.79 Å². The molecule has 3 N–H and O–H groups in total. The topological polar surface area (TPSA) is 123 Å². The standard InChI is InChI=1S/C29H27N3O6/c1-36-25-12-11-17(14-26(25)37-2)27-18(15-30-32-27)13-24(28(33)34)31-29(35)38-16-23-21-9-5-3-7-19(21)20-8-4-6-10-22(20)23/h3-12,14-15,23-24H,13,16H2,1-2H3,(H,30,32)(H,31,35)(H,33,34). The number of amides is 1. The van der Waals surface area contributed by atoms with Gasteiger partial charge >= 0.3 is 12.1 Å². The predicted octanol–water partition coefficient (Wildman–Crippen LogP) is 4.63. The summed E-state index contributed by atoms with van der Waals surface area (Å²) in [5.41, 5.74) is 6.35. The first-order valence-electron chi connectivity index (χ1n) is 12.1. The summed E-state index contributed by atoms with van der Waals surface area (Å²) in [6, 6.07) is 20.1. The van der Waals surface area contributed by atoms with Gasteiger partial charge in [0.05, 0.1) is 26.1 Å². The van der Waals surface area contributed by atoms with Gasteiger partial charge in [0.25, 0.3) is 0 Å². The maximum Gasteiger partial charge on any atom is 0.407 e. The van der Waals surface area contributed by atoms with E-state index in [0.717, 1.165) is 27.8 Å². The lowest BCUT2D eigenvalue weighted by Gasteiger charge is -2.17. The van der Waals surface area contributed by atoms with Crippen molar-refractivity contribution in [3.8, 4) is 33.9 Å². The molecule has 1 aromatic heterocycles. The highest BCUT2D eigenvalue weighted by Crippen LogP contribution is 2.44. The molecule has 1 heterocycles. The van der Waals surface area contributed by atoms with Crippen molar-refractivity contribution in [3.63, 3.8) is 0 Å². The lowest BCUT2D eigenvalue weighted by molar-refractivity contribution is -0.139. The Morgan fingerprint density at radius 2 is 1.63 bits per heavy atom. The number of methoxy groups -OCH3 is 2. The summed E-state index contributed by atoms with van der Waals surface area (Å²) in [4.78, 5) is 24.8. The van der Waals surface area contributed by atoms with Gasteiger partial charge in [0, 0.05) is 23.5 Å². The van der Waals surface area contributed by atoms with Crippen LogP contribution in [0.2, 0.25) is 0 Å². The Morgan fingerprint density at radius 3 is 2.26 bits per heavy atom. The molecule has 194 valence electrons. The second-order valence-electron chi connectivity index (χ2n) is 8.90. The summed E-state index contributed by atoms with van der Waals surface area (Å²) >= 11 is 0. The second kappa shape index (κ2) is 10.7. The van der Waals surface area contributed by atoms with Crippen molar-refractivity contribution in [2.45, 2.75) is 18.4 Å². The number of carbonyl (C=O) groups is 2. The van der Waals surface area contributed by atoms with Gasteiger partial charge in [0.2, 0.25) is 0 Å². The number of benzene rings is 3. The minimum absolute atomic E-state index is 0.000291. The molecule has 1 aliphatic rings. The Bertz CT molecular complexity index is 1440. The molecule has 0 spiro atoms. The van der Waals surface area contributed by atoms with E-state index in [1.165, 1.54) is 7.11 Å². The van der Waals surface area contributed by atoms with Crippen LogP contribution in [0.5, 0.6) is 11.5 Å². The number of carbonyl (C=O) groups excluding carboxylic acids is 1. The first kappa shape index (κ1) is 24.9. The fourth-order valence-electron chi connectivity index (χ4n) is 4.91. The van der Waals surface area contributed by atoms with Crippen LogP contribution in [-0.4, -0.2) is 54.2 Å². The Morgan fingerprint density at radius 1 is 0.974 bits per heavy atom. The van der Waals surface area contributed by atoms with Crippen LogP contribution < -0.4 is 14.8 Å². The number of aromatic amines is 1. The van der Waals surface area contributed by atoms with Crippen LogP contribution in [0.3, 0.4) is 0 Å². The number of aromatic nitrogens is 2. The molecule has 1 amide bonds. The van der Waals surface area contributed by atoms with E-state index in [0.29, 0.717) is 22.8 Å². The molecule has 0 radical (unpaired) electrons. The Hall–Kier alpha value is -4.79. The Kier molecular flexibility index (Phi) is 6.99. The van der Waals surface area contributed by atoms with Crippen molar-refractivity contribution in [2.24, 2.45) is 0 Å². The number of nitrogens with one attached hydrogen (secondary N) is 2. The Labute approximate surface area is 219 Å². The molecule has 5 rings (SSSR count). The monoisotopic (exact) mass is 513 g/mol. The molecule has 0 fully saturated rings. The molecule has 0 saturated heterocycles. The predicted molar refractivity (Wildman–Crippen MR) is 140 cm³/mol. The number of alkyl carbamates (subject to hydrolysis) is 1. The molecular formula is C29H27N3O6. The second-order valence-corrected chi connectivity index (χ2v) is 8.90. The van der Waals surface area contributed by atoms with E-state index < -0.39 is 18.1 Å². The molecule has 38 heavy (non-hydrogen) atoms. The van der Waals surface area contributed by atoms with Gasteiger partial charge in [-0.1, -0.05) is 48.5 Å². The molecule has 9 nitrogen and oxygen atoms in total. The zero-order valence-corrected chi connectivity index (χ0v) is 20.9. The number of rotatable bonds is 9. The number of H-pyrrole nitrogens is 1. The van der Waals surface area contributed by atoms with Gasteiger partial charge in [-0.2, -0.15) is 5.10 Å². The van der Waals surface area contributed by atoms with Crippen LogP contribution >= 0.6 is 0 Å². The number of ether oxygens (including phenoxy) is 3. The van der Waals surface area contributed by atoms with Crippen LogP contribution in [0.15, 0.2) is 72.9 Å². The van der Waals surface area contributed by atoms with E-state index in [4.69, 9.17) is 14.2 Å². The third kappa shape index (κ3) is 4.78. The van der Waals surface area contributed by atoms with E-state index in [2.05, 4.69) is 27.6 Å². The van der Waals surface area contributed by atoms with Crippen LogP contribution in [0.1, 0.15) is 22.6 Å². The highest BCUT2D eigenvalue weighted by atomic mass is 16.5. The van der Waals surface area contributed by atoms with Gasteiger partial charge in [0.15, 0.2) is 11.5 Å². The van der Waals surface area contributed by atoms with Gasteiger partial charge in [-0.15, -0.1) is 0 Å². The minimum atomic E-state index is -1.22. The zero-order valence-electron chi connectivity index (χ0n) is 20.9. The van der Waals surface area contributed by atoms with Crippen LogP contribution in [0, 0.1) is 0 Å². The van der Waals surface area contributed by atoms with Crippen molar-refractivity contribution < 1.29 is 28.9 Å². The number of hydrogen-bond acceptors (Lipinski definition) is 6. The van der Waals surface area contributed by atoms with Crippen molar-refractivity contribution in [2.75, 3.05) is 20.8 Å². The molecule has 0 saturated carbocycles. The van der Waals surface area contributed by atoms with Crippen LogP contribution in [0.25, 0.3) is 22.4 Å². The van der Waals surface area contributed by atoms with Gasteiger partial charge in [-0.25, -0.2) is 9.59 Å². The average molecular weight is 514 g/mol. The zero-order chi connectivity index (χ0) is 26.6. The third-order valence-corrected chi connectivity index (χ3v) is 6.75. The number of hydrogen-bond donors (Lipinski definition) is 3. The largest absolute Gasteiger partial charge is 0.493 e. The summed E-state index contributed by atoms with van der Waals surface area (Å²) in [6.45, 7) is 0.0921. The van der Waals surface area contributed by atoms with Crippen molar-refractivity contribution >= 4 is 12.1 Å². The summed E-state index contributed by atoms with van der Waals surface area (Å²) in [6.07, 6.45) is 0.747. The number of fused-ring (bicyclic) bond motifs is 3. The Balaban J connectivity index is 1.28. The highest BCUT2D eigenvalue weighted by molar-refractivity contribution is 5.81. The number of carboxylic acid groups (broad SMARTS) is 1. The molecule has 1 aliphatic carbocycles. The molecule has 1 atom stereocenters. The van der Waals surface area contributed by atoms with Gasteiger partial charge in [-0.05, 0) is 40.5 Å². The molecule has 0 aliphatic heterocycles. The summed E-state index contributed by atoms with van der Waals surface area (Å²) < 4.78 is 16.2. The maximum absolute atomic E-state index is 12.7. The lowest BCUT2D eigenvalue weighted by atomic mass is 9.98. The number of carboxylic acids is 1.